The zero-order valence-corrected chi connectivity index (χ0v) is 11.9. The number of rotatable bonds is 6. The number of anilines is 1. The second-order valence-corrected chi connectivity index (χ2v) is 5.21. The van der Waals surface area contributed by atoms with Crippen LogP contribution in [0.3, 0.4) is 0 Å². The normalized spacial score (nSPS) is 10.6. The molecular formula is C17H20FNO. The third kappa shape index (κ3) is 4.57. The third-order valence-electron chi connectivity index (χ3n) is 2.82. The highest BCUT2D eigenvalue weighted by Gasteiger charge is 1.99. The van der Waals surface area contributed by atoms with Gasteiger partial charge in [0.15, 0.2) is 0 Å². The van der Waals surface area contributed by atoms with E-state index >= 15 is 0 Å². The minimum Gasteiger partial charge on any atom is -0.493 e. The van der Waals surface area contributed by atoms with Crippen LogP contribution in [0.4, 0.5) is 10.1 Å². The number of nitrogens with one attached hydrogen (secondary N) is 1. The van der Waals surface area contributed by atoms with Crippen molar-refractivity contribution in [2.75, 3.05) is 11.9 Å². The smallest absolute Gasteiger partial charge is 0.123 e. The molecule has 0 spiro atoms. The van der Waals surface area contributed by atoms with Crippen molar-refractivity contribution in [3.8, 4) is 5.75 Å². The molecule has 0 fully saturated rings. The number of hydrogen-bond donors (Lipinski definition) is 1. The summed E-state index contributed by atoms with van der Waals surface area (Å²) >= 11 is 0. The lowest BCUT2D eigenvalue weighted by Gasteiger charge is -2.10. The average Bonchev–Trinajstić information content (AvgIpc) is 2.44. The van der Waals surface area contributed by atoms with Gasteiger partial charge in [-0.15, -0.1) is 0 Å². The van der Waals surface area contributed by atoms with Crippen molar-refractivity contribution in [2.24, 2.45) is 5.92 Å². The van der Waals surface area contributed by atoms with Crippen LogP contribution in [-0.2, 0) is 6.54 Å². The summed E-state index contributed by atoms with van der Waals surface area (Å²) in [5, 5.41) is 3.26. The van der Waals surface area contributed by atoms with E-state index in [-0.39, 0.29) is 5.82 Å². The van der Waals surface area contributed by atoms with E-state index in [1.54, 1.807) is 6.07 Å². The van der Waals surface area contributed by atoms with Crippen LogP contribution in [0.15, 0.2) is 48.5 Å². The zero-order chi connectivity index (χ0) is 14.4. The third-order valence-corrected chi connectivity index (χ3v) is 2.82. The van der Waals surface area contributed by atoms with Crippen molar-refractivity contribution < 1.29 is 9.13 Å². The molecule has 0 radical (unpaired) electrons. The van der Waals surface area contributed by atoms with E-state index in [2.05, 4.69) is 19.2 Å². The minimum atomic E-state index is -0.207. The van der Waals surface area contributed by atoms with Crippen LogP contribution in [0, 0.1) is 11.7 Å². The first kappa shape index (κ1) is 14.4. The van der Waals surface area contributed by atoms with Crippen molar-refractivity contribution in [3.63, 3.8) is 0 Å². The first-order valence-corrected chi connectivity index (χ1v) is 6.84. The summed E-state index contributed by atoms with van der Waals surface area (Å²) in [7, 11) is 0. The molecule has 3 heteroatoms. The van der Waals surface area contributed by atoms with Gasteiger partial charge >= 0.3 is 0 Å². The summed E-state index contributed by atoms with van der Waals surface area (Å²) in [6.07, 6.45) is 0. The molecule has 2 aromatic carbocycles. The van der Waals surface area contributed by atoms with Crippen LogP contribution in [0.2, 0.25) is 0 Å². The van der Waals surface area contributed by atoms with Gasteiger partial charge in [-0.25, -0.2) is 4.39 Å². The lowest BCUT2D eigenvalue weighted by atomic mass is 10.2. The van der Waals surface area contributed by atoms with Gasteiger partial charge in [0, 0.05) is 12.2 Å². The van der Waals surface area contributed by atoms with Crippen molar-refractivity contribution in [3.05, 3.63) is 59.9 Å². The molecule has 0 aromatic heterocycles. The predicted molar refractivity (Wildman–Crippen MR) is 80.5 cm³/mol. The van der Waals surface area contributed by atoms with Gasteiger partial charge in [0.2, 0.25) is 0 Å². The largest absolute Gasteiger partial charge is 0.493 e. The molecule has 0 unspecified atom stereocenters. The Labute approximate surface area is 119 Å². The van der Waals surface area contributed by atoms with Crippen LogP contribution >= 0.6 is 0 Å². The Morgan fingerprint density at radius 2 is 1.85 bits per heavy atom. The standard InChI is InChI=1S/C17H20FNO/c1-13(2)12-20-17-8-6-16(7-9-17)19-11-14-4-3-5-15(18)10-14/h3-10,13,19H,11-12H2,1-2H3. The maximum atomic E-state index is 13.1. The monoisotopic (exact) mass is 273 g/mol. The van der Waals surface area contributed by atoms with Gasteiger partial charge in [-0.05, 0) is 47.9 Å². The molecule has 1 N–H and O–H groups in total. The Balaban J connectivity index is 1.87. The summed E-state index contributed by atoms with van der Waals surface area (Å²) in [4.78, 5) is 0. The Morgan fingerprint density at radius 1 is 1.10 bits per heavy atom. The van der Waals surface area contributed by atoms with Crippen molar-refractivity contribution in [1.29, 1.82) is 0 Å². The first-order chi connectivity index (χ1) is 9.63. The number of hydrogen-bond acceptors (Lipinski definition) is 2. The summed E-state index contributed by atoms with van der Waals surface area (Å²) < 4.78 is 18.7. The van der Waals surface area contributed by atoms with Crippen molar-refractivity contribution >= 4 is 5.69 Å². The van der Waals surface area contributed by atoms with E-state index in [9.17, 15) is 4.39 Å². The molecule has 2 rings (SSSR count). The molecule has 20 heavy (non-hydrogen) atoms. The second kappa shape index (κ2) is 6.94. The van der Waals surface area contributed by atoms with Gasteiger partial charge < -0.3 is 10.1 Å². The van der Waals surface area contributed by atoms with Gasteiger partial charge in [0.05, 0.1) is 6.61 Å². The fourth-order valence-corrected chi connectivity index (χ4v) is 1.78. The zero-order valence-electron chi connectivity index (χ0n) is 11.9. The topological polar surface area (TPSA) is 21.3 Å². The van der Waals surface area contributed by atoms with Gasteiger partial charge in [0.1, 0.15) is 11.6 Å². The molecule has 0 atom stereocenters. The van der Waals surface area contributed by atoms with Crippen LogP contribution in [0.1, 0.15) is 19.4 Å². The van der Waals surface area contributed by atoms with Crippen LogP contribution < -0.4 is 10.1 Å². The quantitative estimate of drug-likeness (QED) is 0.838. The molecule has 0 heterocycles. The predicted octanol–water partition coefficient (Wildman–Crippen LogP) is 4.47. The molecule has 0 aliphatic heterocycles. The number of ether oxygens (including phenoxy) is 1. The Bertz CT molecular complexity index is 537. The summed E-state index contributed by atoms with van der Waals surface area (Å²) in [6, 6.07) is 14.4. The minimum absolute atomic E-state index is 0.207. The fraction of sp³-hybridized carbons (Fsp3) is 0.294. The lowest BCUT2D eigenvalue weighted by molar-refractivity contribution is 0.271. The first-order valence-electron chi connectivity index (χ1n) is 6.84. The fourth-order valence-electron chi connectivity index (χ4n) is 1.78. The van der Waals surface area contributed by atoms with E-state index in [4.69, 9.17) is 4.74 Å². The molecule has 2 nitrogen and oxygen atoms in total. The molecule has 0 aliphatic rings. The molecule has 2 aromatic rings. The molecular weight excluding hydrogens is 253 g/mol. The van der Waals surface area contributed by atoms with E-state index in [0.717, 1.165) is 23.6 Å². The van der Waals surface area contributed by atoms with E-state index in [1.807, 2.05) is 30.3 Å². The highest BCUT2D eigenvalue weighted by Crippen LogP contribution is 2.17. The lowest BCUT2D eigenvalue weighted by Crippen LogP contribution is -2.04. The van der Waals surface area contributed by atoms with E-state index in [1.165, 1.54) is 12.1 Å². The average molecular weight is 273 g/mol. The van der Waals surface area contributed by atoms with Crippen molar-refractivity contribution in [2.45, 2.75) is 20.4 Å². The molecule has 0 aliphatic carbocycles. The summed E-state index contributed by atoms with van der Waals surface area (Å²) in [5.74, 6) is 1.18. The van der Waals surface area contributed by atoms with Crippen LogP contribution in [0.5, 0.6) is 5.75 Å². The summed E-state index contributed by atoms with van der Waals surface area (Å²) in [6.45, 7) is 5.56. The maximum Gasteiger partial charge on any atom is 0.123 e. The Kier molecular flexibility index (Phi) is 4.99. The SMILES string of the molecule is CC(C)COc1ccc(NCc2cccc(F)c2)cc1. The van der Waals surface area contributed by atoms with Crippen LogP contribution in [-0.4, -0.2) is 6.61 Å². The Hall–Kier alpha value is -2.03. The van der Waals surface area contributed by atoms with Crippen LogP contribution in [0.25, 0.3) is 0 Å². The van der Waals surface area contributed by atoms with Gasteiger partial charge in [0.25, 0.3) is 0 Å². The summed E-state index contributed by atoms with van der Waals surface area (Å²) in [5.41, 5.74) is 1.91. The molecule has 0 saturated carbocycles. The van der Waals surface area contributed by atoms with E-state index in [0.29, 0.717) is 12.5 Å². The van der Waals surface area contributed by atoms with Gasteiger partial charge in [-0.3, -0.25) is 0 Å². The Morgan fingerprint density at radius 3 is 2.50 bits per heavy atom. The molecule has 106 valence electrons. The van der Waals surface area contributed by atoms with Gasteiger partial charge in [-0.1, -0.05) is 26.0 Å². The molecule has 0 amide bonds. The number of halogens is 1. The second-order valence-electron chi connectivity index (χ2n) is 5.21. The van der Waals surface area contributed by atoms with E-state index < -0.39 is 0 Å². The highest BCUT2D eigenvalue weighted by atomic mass is 19.1. The molecule has 0 bridgehead atoms. The van der Waals surface area contributed by atoms with Crippen molar-refractivity contribution in [1.82, 2.24) is 0 Å². The van der Waals surface area contributed by atoms with Gasteiger partial charge in [-0.2, -0.15) is 0 Å². The number of benzene rings is 2. The molecule has 0 saturated heterocycles. The maximum absolute atomic E-state index is 13.1. The highest BCUT2D eigenvalue weighted by molar-refractivity contribution is 5.46.